The monoisotopic (exact) mass is 346 g/mol. The van der Waals surface area contributed by atoms with E-state index in [4.69, 9.17) is 4.74 Å². The van der Waals surface area contributed by atoms with Gasteiger partial charge in [-0.25, -0.2) is 0 Å². The molecule has 0 radical (unpaired) electrons. The molecule has 0 bridgehead atoms. The lowest BCUT2D eigenvalue weighted by atomic mass is 10.2. The Balaban J connectivity index is 1.59. The summed E-state index contributed by atoms with van der Waals surface area (Å²) in [6.45, 7) is 3.43. The average molecular weight is 346 g/mol. The van der Waals surface area contributed by atoms with Crippen LogP contribution in [0.4, 0.5) is 5.69 Å². The zero-order valence-corrected chi connectivity index (χ0v) is 14.6. The van der Waals surface area contributed by atoms with E-state index in [0.29, 0.717) is 23.8 Å². The molecule has 128 valence electrons. The minimum Gasteiger partial charge on any atom is -0.492 e. The highest BCUT2D eigenvalue weighted by Crippen LogP contribution is 2.25. The van der Waals surface area contributed by atoms with Gasteiger partial charge in [-0.05, 0) is 31.9 Å². The van der Waals surface area contributed by atoms with Crippen LogP contribution in [-0.2, 0) is 17.8 Å². The van der Waals surface area contributed by atoms with Crippen LogP contribution in [0.5, 0.6) is 5.75 Å². The van der Waals surface area contributed by atoms with E-state index in [0.717, 1.165) is 36.8 Å². The van der Waals surface area contributed by atoms with Crippen LogP contribution < -0.4 is 10.1 Å². The first-order valence-electron chi connectivity index (χ1n) is 8.34. The van der Waals surface area contributed by atoms with Crippen LogP contribution in [0, 0.1) is 0 Å². The fourth-order valence-corrected chi connectivity index (χ4v) is 3.52. The number of aryl methyl sites for hydroxylation is 1. The zero-order chi connectivity index (χ0) is 16.8. The van der Waals surface area contributed by atoms with Crippen molar-refractivity contribution in [2.24, 2.45) is 0 Å². The van der Waals surface area contributed by atoms with Crippen molar-refractivity contribution in [2.45, 2.75) is 44.3 Å². The van der Waals surface area contributed by atoms with E-state index in [1.165, 1.54) is 18.2 Å². The van der Waals surface area contributed by atoms with Crippen LogP contribution in [0.25, 0.3) is 0 Å². The molecule has 0 atom stereocenters. The van der Waals surface area contributed by atoms with Gasteiger partial charge in [0.1, 0.15) is 11.6 Å². The number of nitrogens with zero attached hydrogens (tertiary/aromatic N) is 3. The van der Waals surface area contributed by atoms with Crippen LogP contribution in [0.15, 0.2) is 29.4 Å². The number of fused-ring (bicyclic) bond motifs is 1. The predicted octanol–water partition coefficient (Wildman–Crippen LogP) is 3.13. The van der Waals surface area contributed by atoms with E-state index >= 15 is 0 Å². The summed E-state index contributed by atoms with van der Waals surface area (Å²) in [5.41, 5.74) is 0.699. The molecular formula is C17H22N4O2S. The van der Waals surface area contributed by atoms with Gasteiger partial charge in [0.2, 0.25) is 5.91 Å². The Morgan fingerprint density at radius 3 is 3.04 bits per heavy atom. The van der Waals surface area contributed by atoms with Gasteiger partial charge < -0.3 is 14.6 Å². The van der Waals surface area contributed by atoms with Crippen LogP contribution in [0.2, 0.25) is 0 Å². The minimum absolute atomic E-state index is 0.0712. The summed E-state index contributed by atoms with van der Waals surface area (Å²) in [4.78, 5) is 12.3. The highest BCUT2D eigenvalue weighted by molar-refractivity contribution is 7.99. The highest BCUT2D eigenvalue weighted by Gasteiger charge is 2.16. The molecule has 6 nitrogen and oxygen atoms in total. The third-order valence-electron chi connectivity index (χ3n) is 3.87. The quantitative estimate of drug-likeness (QED) is 0.814. The van der Waals surface area contributed by atoms with Crippen LogP contribution in [0.1, 0.15) is 32.0 Å². The fraction of sp³-hybridized carbons (Fsp3) is 0.471. The summed E-state index contributed by atoms with van der Waals surface area (Å²) in [5.74, 6) is 1.96. The Labute approximate surface area is 146 Å². The average Bonchev–Trinajstić information content (AvgIpc) is 2.82. The molecule has 0 saturated heterocycles. The predicted molar refractivity (Wildman–Crippen MR) is 94.5 cm³/mol. The van der Waals surface area contributed by atoms with Crippen molar-refractivity contribution >= 4 is 23.4 Å². The van der Waals surface area contributed by atoms with Gasteiger partial charge in [0, 0.05) is 13.0 Å². The molecule has 7 heteroatoms. The van der Waals surface area contributed by atoms with E-state index < -0.39 is 0 Å². The van der Waals surface area contributed by atoms with E-state index in [1.807, 2.05) is 31.2 Å². The Kier molecular flexibility index (Phi) is 5.74. The lowest BCUT2D eigenvalue weighted by Crippen LogP contribution is -2.15. The van der Waals surface area contributed by atoms with Crippen molar-refractivity contribution in [2.75, 3.05) is 17.7 Å². The standard InChI is InChI=1S/C17H22N4O2S/c1-2-23-14-9-6-5-8-13(14)18-16(22)12-24-17-20-19-15-10-4-3-7-11-21(15)17/h5-6,8-9H,2-4,7,10-12H2,1H3,(H,18,22). The molecule has 1 aromatic carbocycles. The molecule has 1 aliphatic rings. The number of anilines is 1. The number of thioether (sulfide) groups is 1. The molecule has 0 fully saturated rings. The van der Waals surface area contributed by atoms with Gasteiger partial charge in [-0.1, -0.05) is 30.3 Å². The lowest BCUT2D eigenvalue weighted by Gasteiger charge is -2.11. The van der Waals surface area contributed by atoms with E-state index in [1.54, 1.807) is 0 Å². The molecule has 3 rings (SSSR count). The van der Waals surface area contributed by atoms with Crippen molar-refractivity contribution in [1.82, 2.24) is 14.8 Å². The Hall–Kier alpha value is -2.02. The summed E-state index contributed by atoms with van der Waals surface area (Å²) >= 11 is 1.43. The van der Waals surface area contributed by atoms with Crippen LogP contribution in [-0.4, -0.2) is 33.0 Å². The molecule has 24 heavy (non-hydrogen) atoms. The molecule has 0 unspecified atom stereocenters. The van der Waals surface area contributed by atoms with E-state index in [-0.39, 0.29) is 5.91 Å². The first-order valence-corrected chi connectivity index (χ1v) is 9.33. The number of carbonyl (C=O) groups excluding carboxylic acids is 1. The van der Waals surface area contributed by atoms with Gasteiger partial charge in [0.05, 0.1) is 18.0 Å². The maximum atomic E-state index is 12.3. The third-order valence-corrected chi connectivity index (χ3v) is 4.84. The van der Waals surface area contributed by atoms with E-state index in [2.05, 4.69) is 20.1 Å². The summed E-state index contributed by atoms with van der Waals surface area (Å²) in [7, 11) is 0. The Morgan fingerprint density at radius 1 is 1.29 bits per heavy atom. The molecule has 0 spiro atoms. The smallest absolute Gasteiger partial charge is 0.234 e. The lowest BCUT2D eigenvalue weighted by molar-refractivity contribution is -0.113. The highest BCUT2D eigenvalue weighted by atomic mass is 32.2. The normalized spacial score (nSPS) is 13.9. The first-order chi connectivity index (χ1) is 11.8. The van der Waals surface area contributed by atoms with Crippen molar-refractivity contribution in [1.29, 1.82) is 0 Å². The fourth-order valence-electron chi connectivity index (χ4n) is 2.73. The molecule has 1 N–H and O–H groups in total. The van der Waals surface area contributed by atoms with Crippen molar-refractivity contribution < 1.29 is 9.53 Å². The van der Waals surface area contributed by atoms with Gasteiger partial charge in [-0.15, -0.1) is 10.2 Å². The SMILES string of the molecule is CCOc1ccccc1NC(=O)CSc1nnc2n1CCCCC2. The number of rotatable bonds is 6. The number of nitrogens with one attached hydrogen (secondary N) is 1. The second-order valence-corrected chi connectivity index (χ2v) is 6.57. The summed E-state index contributed by atoms with van der Waals surface area (Å²) in [5, 5.41) is 12.2. The number of para-hydroxylation sites is 2. The summed E-state index contributed by atoms with van der Waals surface area (Å²) in [6, 6.07) is 7.46. The largest absolute Gasteiger partial charge is 0.492 e. The molecule has 1 aromatic heterocycles. The van der Waals surface area contributed by atoms with Gasteiger partial charge in [0.15, 0.2) is 5.16 Å². The number of hydrogen-bond donors (Lipinski definition) is 1. The molecule has 1 amide bonds. The number of carbonyl (C=O) groups is 1. The number of hydrogen-bond acceptors (Lipinski definition) is 5. The molecule has 2 heterocycles. The zero-order valence-electron chi connectivity index (χ0n) is 13.8. The Bertz CT molecular complexity index is 702. The molecular weight excluding hydrogens is 324 g/mol. The van der Waals surface area contributed by atoms with Gasteiger partial charge in [-0.2, -0.15) is 0 Å². The van der Waals surface area contributed by atoms with Crippen molar-refractivity contribution in [3.8, 4) is 5.75 Å². The number of ether oxygens (including phenoxy) is 1. The second-order valence-electron chi connectivity index (χ2n) is 5.63. The van der Waals surface area contributed by atoms with Crippen molar-refractivity contribution in [3.63, 3.8) is 0 Å². The molecule has 1 aliphatic heterocycles. The maximum Gasteiger partial charge on any atom is 0.234 e. The maximum absolute atomic E-state index is 12.3. The van der Waals surface area contributed by atoms with E-state index in [9.17, 15) is 4.79 Å². The van der Waals surface area contributed by atoms with Crippen molar-refractivity contribution in [3.05, 3.63) is 30.1 Å². The van der Waals surface area contributed by atoms with Gasteiger partial charge in [-0.3, -0.25) is 4.79 Å². The van der Waals surface area contributed by atoms with Gasteiger partial charge >= 0.3 is 0 Å². The number of benzene rings is 1. The molecule has 0 saturated carbocycles. The van der Waals surface area contributed by atoms with Gasteiger partial charge in [0.25, 0.3) is 0 Å². The topological polar surface area (TPSA) is 69.0 Å². The van der Waals surface area contributed by atoms with Crippen LogP contribution >= 0.6 is 11.8 Å². The van der Waals surface area contributed by atoms with Crippen LogP contribution in [0.3, 0.4) is 0 Å². The Morgan fingerprint density at radius 2 is 2.17 bits per heavy atom. The molecule has 0 aliphatic carbocycles. The third kappa shape index (κ3) is 4.08. The minimum atomic E-state index is -0.0712. The number of aromatic nitrogens is 3. The molecule has 2 aromatic rings. The second kappa shape index (κ2) is 8.19. The summed E-state index contributed by atoms with van der Waals surface area (Å²) in [6.07, 6.45) is 4.51. The summed E-state index contributed by atoms with van der Waals surface area (Å²) < 4.78 is 7.68. The first kappa shape index (κ1) is 16.8. The number of amides is 1.